The van der Waals surface area contributed by atoms with E-state index in [1.807, 2.05) is 0 Å². The fourth-order valence-corrected chi connectivity index (χ4v) is 0.481. The highest BCUT2D eigenvalue weighted by Crippen LogP contribution is 1.86. The largest absolute Gasteiger partial charge is 0.452 e. The second kappa shape index (κ2) is 7.65. The molecule has 64 valence electrons. The molecule has 0 rings (SSSR count). The highest BCUT2D eigenvalue weighted by molar-refractivity contribution is 5.69. The molecule has 0 aromatic heterocycles. The summed E-state index contributed by atoms with van der Waals surface area (Å²) in [7, 11) is 0. The maximum atomic E-state index is 10.7. The molecule has 0 spiro atoms. The smallest absolute Gasteiger partial charge is 0.309 e. The number of hydrogen-bond acceptors (Lipinski definition) is 3. The maximum absolute atomic E-state index is 10.7. The zero-order valence-corrected chi connectivity index (χ0v) is 6.71. The monoisotopic (exact) mass is 166 g/mol. The molecule has 0 N–H and O–H groups in total. The van der Waals surface area contributed by atoms with Crippen LogP contribution in [0.5, 0.6) is 0 Å². The lowest BCUT2D eigenvalue weighted by molar-refractivity contribution is -0.143. The second-order valence-electron chi connectivity index (χ2n) is 1.87. The van der Waals surface area contributed by atoms with Gasteiger partial charge in [-0.3, -0.25) is 4.79 Å². The van der Waals surface area contributed by atoms with Gasteiger partial charge in [0.25, 0.3) is 0 Å². The Balaban J connectivity index is 3.22. The van der Waals surface area contributed by atoms with Gasteiger partial charge in [0.1, 0.15) is 6.61 Å². The van der Waals surface area contributed by atoms with E-state index >= 15 is 0 Å². The van der Waals surface area contributed by atoms with E-state index in [9.17, 15) is 4.79 Å². The highest BCUT2D eigenvalue weighted by atomic mass is 16.5. The average molecular weight is 166 g/mol. The number of terminal acetylenes is 2. The van der Waals surface area contributed by atoms with Crippen LogP contribution in [0, 0.1) is 24.7 Å². The van der Waals surface area contributed by atoms with Crippen molar-refractivity contribution in [3.05, 3.63) is 0 Å². The molecule has 0 saturated carbocycles. The van der Waals surface area contributed by atoms with Gasteiger partial charge < -0.3 is 9.47 Å². The number of carbonyl (C=O) groups is 1. The fraction of sp³-hybridized carbons (Fsp3) is 0.444. The third kappa shape index (κ3) is 6.67. The molecule has 0 aliphatic carbocycles. The van der Waals surface area contributed by atoms with E-state index in [1.165, 1.54) is 0 Å². The lowest BCUT2D eigenvalue weighted by atomic mass is 10.5. The van der Waals surface area contributed by atoms with Crippen LogP contribution in [0.4, 0.5) is 0 Å². The highest BCUT2D eigenvalue weighted by Gasteiger charge is 1.99. The van der Waals surface area contributed by atoms with Gasteiger partial charge in [0.15, 0.2) is 6.61 Å². The first kappa shape index (κ1) is 10.6. The van der Waals surface area contributed by atoms with Gasteiger partial charge in [0.2, 0.25) is 0 Å². The molecule has 0 unspecified atom stereocenters. The van der Waals surface area contributed by atoms with Gasteiger partial charge in [-0.15, -0.1) is 12.8 Å². The van der Waals surface area contributed by atoms with Crippen LogP contribution >= 0.6 is 0 Å². The van der Waals surface area contributed by atoms with Gasteiger partial charge in [-0.05, 0) is 0 Å². The number of carbonyl (C=O) groups excluding carboxylic acids is 1. The molecule has 0 radical (unpaired) electrons. The number of rotatable bonds is 5. The number of ether oxygens (including phenoxy) is 2. The first-order chi connectivity index (χ1) is 5.81. The van der Waals surface area contributed by atoms with Crippen molar-refractivity contribution in [2.75, 3.05) is 19.8 Å². The van der Waals surface area contributed by atoms with Crippen molar-refractivity contribution in [3.63, 3.8) is 0 Å². The lowest BCUT2D eigenvalue weighted by Crippen LogP contribution is -2.08. The van der Waals surface area contributed by atoms with Crippen LogP contribution in [0.15, 0.2) is 0 Å². The minimum atomic E-state index is -0.370. The Morgan fingerprint density at radius 3 is 2.50 bits per heavy atom. The van der Waals surface area contributed by atoms with E-state index in [2.05, 4.69) is 16.6 Å². The van der Waals surface area contributed by atoms with Crippen LogP contribution in [0.2, 0.25) is 0 Å². The van der Waals surface area contributed by atoms with Crippen LogP contribution < -0.4 is 0 Å². The van der Waals surface area contributed by atoms with Crippen LogP contribution in [0.3, 0.4) is 0 Å². The predicted molar refractivity (Wildman–Crippen MR) is 44.1 cm³/mol. The third-order valence-electron chi connectivity index (χ3n) is 0.952. The summed E-state index contributed by atoms with van der Waals surface area (Å²) in [4.78, 5) is 10.7. The topological polar surface area (TPSA) is 35.5 Å². The van der Waals surface area contributed by atoms with Crippen LogP contribution in [-0.2, 0) is 14.3 Å². The molecule has 0 amide bonds. The molecule has 0 aliphatic heterocycles. The van der Waals surface area contributed by atoms with Gasteiger partial charge in [0, 0.05) is 0 Å². The Bertz CT molecular complexity index is 207. The predicted octanol–water partition coefficient (Wildman–Crippen LogP) is 0.203. The van der Waals surface area contributed by atoms with Gasteiger partial charge >= 0.3 is 5.97 Å². The summed E-state index contributed by atoms with van der Waals surface area (Å²) in [5.74, 6) is 4.09. The standard InChI is InChI=1S/C9H10O3/c1-3-6-11-8-5-9(10)12-7-4-2/h1-2H,5-8H2. The molecule has 0 aliphatic rings. The molecule has 0 heterocycles. The Labute approximate surface area is 72.0 Å². The Hall–Kier alpha value is -1.45. The molecular weight excluding hydrogens is 156 g/mol. The van der Waals surface area contributed by atoms with Crippen molar-refractivity contribution in [2.24, 2.45) is 0 Å². The quantitative estimate of drug-likeness (QED) is 0.332. The van der Waals surface area contributed by atoms with Crippen molar-refractivity contribution in [3.8, 4) is 24.7 Å². The number of esters is 1. The zero-order valence-electron chi connectivity index (χ0n) is 6.71. The van der Waals surface area contributed by atoms with Gasteiger partial charge in [-0.1, -0.05) is 11.8 Å². The zero-order chi connectivity index (χ0) is 9.23. The van der Waals surface area contributed by atoms with E-state index in [0.717, 1.165) is 0 Å². The van der Waals surface area contributed by atoms with Crippen LogP contribution in [-0.4, -0.2) is 25.8 Å². The Morgan fingerprint density at radius 2 is 1.92 bits per heavy atom. The summed E-state index contributed by atoms with van der Waals surface area (Å²) in [5.41, 5.74) is 0. The first-order valence-electron chi connectivity index (χ1n) is 3.41. The summed E-state index contributed by atoms with van der Waals surface area (Å²) in [6, 6.07) is 0. The molecule has 3 heteroatoms. The molecular formula is C9H10O3. The van der Waals surface area contributed by atoms with Crippen LogP contribution in [0.25, 0.3) is 0 Å². The van der Waals surface area contributed by atoms with Crippen molar-refractivity contribution < 1.29 is 14.3 Å². The van der Waals surface area contributed by atoms with Crippen molar-refractivity contribution in [1.29, 1.82) is 0 Å². The maximum Gasteiger partial charge on any atom is 0.309 e. The Morgan fingerprint density at radius 1 is 1.25 bits per heavy atom. The van der Waals surface area contributed by atoms with Gasteiger partial charge in [-0.2, -0.15) is 0 Å². The third-order valence-corrected chi connectivity index (χ3v) is 0.952. The van der Waals surface area contributed by atoms with Crippen molar-refractivity contribution in [2.45, 2.75) is 6.42 Å². The minimum Gasteiger partial charge on any atom is -0.452 e. The summed E-state index contributed by atoms with van der Waals surface area (Å²) >= 11 is 0. The summed E-state index contributed by atoms with van der Waals surface area (Å²) in [6.07, 6.45) is 9.96. The SMILES string of the molecule is C#CCOCCC(=O)OCC#C. The lowest BCUT2D eigenvalue weighted by Gasteiger charge is -1.99. The molecule has 12 heavy (non-hydrogen) atoms. The van der Waals surface area contributed by atoms with E-state index in [-0.39, 0.29) is 32.2 Å². The van der Waals surface area contributed by atoms with Crippen molar-refractivity contribution >= 4 is 5.97 Å². The minimum absolute atomic E-state index is 0.00791. The molecule has 0 saturated heterocycles. The average Bonchev–Trinajstić information content (AvgIpc) is 2.09. The molecule has 0 atom stereocenters. The van der Waals surface area contributed by atoms with E-state index < -0.39 is 0 Å². The van der Waals surface area contributed by atoms with Gasteiger partial charge in [-0.25, -0.2) is 0 Å². The molecule has 0 fully saturated rings. The molecule has 0 aromatic rings. The summed E-state index contributed by atoms with van der Waals surface area (Å²) < 4.78 is 9.41. The Kier molecular flexibility index (Phi) is 6.73. The van der Waals surface area contributed by atoms with Gasteiger partial charge in [0.05, 0.1) is 13.0 Å². The molecule has 0 bridgehead atoms. The normalized spacial score (nSPS) is 8.17. The van der Waals surface area contributed by atoms with E-state index in [4.69, 9.17) is 17.6 Å². The fourth-order valence-electron chi connectivity index (χ4n) is 0.481. The second-order valence-corrected chi connectivity index (χ2v) is 1.87. The van der Waals surface area contributed by atoms with E-state index in [0.29, 0.717) is 0 Å². The summed E-state index contributed by atoms with van der Waals surface area (Å²) in [5, 5.41) is 0. The first-order valence-corrected chi connectivity index (χ1v) is 3.41. The van der Waals surface area contributed by atoms with Crippen LogP contribution in [0.1, 0.15) is 6.42 Å². The molecule has 3 nitrogen and oxygen atoms in total. The van der Waals surface area contributed by atoms with Crippen molar-refractivity contribution in [1.82, 2.24) is 0 Å². The summed E-state index contributed by atoms with van der Waals surface area (Å²) in [6.45, 7) is 0.490. The number of hydrogen-bond donors (Lipinski definition) is 0. The van der Waals surface area contributed by atoms with E-state index in [1.54, 1.807) is 0 Å². The molecule has 0 aromatic carbocycles.